The van der Waals surface area contributed by atoms with Crippen LogP contribution in [0.25, 0.3) is 33.1 Å². The number of rotatable bonds is 5. The van der Waals surface area contributed by atoms with Crippen molar-refractivity contribution in [1.29, 1.82) is 0 Å². The highest BCUT2D eigenvalue weighted by molar-refractivity contribution is 6.16. The van der Waals surface area contributed by atoms with E-state index >= 15 is 0 Å². The third kappa shape index (κ3) is 4.21. The van der Waals surface area contributed by atoms with Gasteiger partial charge < -0.3 is 10.2 Å². The Hall–Kier alpha value is -3.02. The highest BCUT2D eigenvalue weighted by Crippen LogP contribution is 2.32. The Balaban J connectivity index is 0.00000240. The molecule has 2 heterocycles. The molecule has 0 atom stereocenters. The lowest BCUT2D eigenvalue weighted by Crippen LogP contribution is -2.31. The van der Waals surface area contributed by atoms with Crippen LogP contribution in [0.3, 0.4) is 0 Å². The number of amides is 1. The zero-order chi connectivity index (χ0) is 19.5. The number of likely N-dealkylation sites (N-methyl/N-ethyl adjacent to an activating group) is 1. The molecule has 0 saturated heterocycles. The lowest BCUT2D eigenvalue weighted by molar-refractivity contribution is 0.0952. The second-order valence-corrected chi connectivity index (χ2v) is 6.98. The number of carbonyl (C=O) groups is 1. The summed E-state index contributed by atoms with van der Waals surface area (Å²) in [5, 5.41) is 6.05. The standard InChI is InChI=1S/C23H22N4O.ClH/c1-27(2)15-14-25-23(28)19-11-7-10-17-16-8-3-4-9-18(16)22(26-21(17)19)20-12-5-6-13-24-20;/h3-13H,14-15H2,1-2H3,(H,25,28);1H. The van der Waals surface area contributed by atoms with Crippen LogP contribution in [-0.4, -0.2) is 48.0 Å². The van der Waals surface area contributed by atoms with Crippen molar-refractivity contribution < 1.29 is 4.79 Å². The maximum Gasteiger partial charge on any atom is 0.253 e. The molecule has 1 N–H and O–H groups in total. The van der Waals surface area contributed by atoms with Gasteiger partial charge in [0.15, 0.2) is 0 Å². The smallest absolute Gasteiger partial charge is 0.253 e. The normalized spacial score (nSPS) is 10.9. The quantitative estimate of drug-likeness (QED) is 0.505. The average molecular weight is 407 g/mol. The Bertz CT molecular complexity index is 1150. The van der Waals surface area contributed by atoms with E-state index in [-0.39, 0.29) is 18.3 Å². The number of nitrogens with one attached hydrogen (secondary N) is 1. The summed E-state index contributed by atoms with van der Waals surface area (Å²) in [6, 6.07) is 19.7. The number of fused-ring (bicyclic) bond motifs is 3. The van der Waals surface area contributed by atoms with Gasteiger partial charge in [0.2, 0.25) is 0 Å². The number of aromatic nitrogens is 2. The molecule has 5 nitrogen and oxygen atoms in total. The summed E-state index contributed by atoms with van der Waals surface area (Å²) in [6.45, 7) is 1.37. The van der Waals surface area contributed by atoms with Crippen molar-refractivity contribution in [2.75, 3.05) is 27.2 Å². The Kier molecular flexibility index (Phi) is 6.42. The maximum atomic E-state index is 12.8. The summed E-state index contributed by atoms with van der Waals surface area (Å²) in [4.78, 5) is 24.3. The van der Waals surface area contributed by atoms with E-state index in [0.29, 0.717) is 17.6 Å². The molecule has 0 spiro atoms. The fourth-order valence-electron chi connectivity index (χ4n) is 3.35. The van der Waals surface area contributed by atoms with Gasteiger partial charge in [-0.25, -0.2) is 4.98 Å². The highest BCUT2D eigenvalue weighted by atomic mass is 35.5. The van der Waals surface area contributed by atoms with Crippen molar-refractivity contribution in [3.63, 3.8) is 0 Å². The summed E-state index contributed by atoms with van der Waals surface area (Å²) in [6.07, 6.45) is 1.76. The molecule has 0 aliphatic carbocycles. The summed E-state index contributed by atoms with van der Waals surface area (Å²) in [7, 11) is 3.97. The van der Waals surface area contributed by atoms with Crippen LogP contribution in [0.5, 0.6) is 0 Å². The minimum absolute atomic E-state index is 0. The first-order valence-electron chi connectivity index (χ1n) is 9.31. The highest BCUT2D eigenvalue weighted by Gasteiger charge is 2.16. The molecule has 148 valence electrons. The van der Waals surface area contributed by atoms with Crippen LogP contribution in [-0.2, 0) is 0 Å². The zero-order valence-electron chi connectivity index (χ0n) is 16.4. The molecule has 0 saturated carbocycles. The molecular formula is C23H23ClN4O. The molecule has 4 rings (SSSR count). The van der Waals surface area contributed by atoms with E-state index in [9.17, 15) is 4.79 Å². The van der Waals surface area contributed by atoms with Crippen LogP contribution in [0, 0.1) is 0 Å². The lowest BCUT2D eigenvalue weighted by atomic mass is 9.99. The molecule has 0 fully saturated rings. The predicted molar refractivity (Wildman–Crippen MR) is 121 cm³/mol. The first-order valence-corrected chi connectivity index (χ1v) is 9.31. The first-order chi connectivity index (χ1) is 13.6. The second-order valence-electron chi connectivity index (χ2n) is 6.98. The van der Waals surface area contributed by atoms with Gasteiger partial charge in [-0.3, -0.25) is 9.78 Å². The molecule has 29 heavy (non-hydrogen) atoms. The van der Waals surface area contributed by atoms with Gasteiger partial charge in [-0.05, 0) is 37.7 Å². The van der Waals surface area contributed by atoms with Crippen molar-refractivity contribution >= 4 is 40.0 Å². The molecule has 4 aromatic rings. The van der Waals surface area contributed by atoms with Crippen LogP contribution in [0.15, 0.2) is 66.9 Å². The van der Waals surface area contributed by atoms with Gasteiger partial charge in [-0.2, -0.15) is 0 Å². The molecule has 0 aliphatic rings. The van der Waals surface area contributed by atoms with Crippen molar-refractivity contribution in [3.8, 4) is 11.4 Å². The number of pyridine rings is 2. The monoisotopic (exact) mass is 406 g/mol. The number of carbonyl (C=O) groups excluding carboxylic acids is 1. The van der Waals surface area contributed by atoms with Crippen molar-refractivity contribution in [2.45, 2.75) is 0 Å². The number of benzene rings is 2. The van der Waals surface area contributed by atoms with E-state index in [1.54, 1.807) is 6.20 Å². The van der Waals surface area contributed by atoms with Gasteiger partial charge in [-0.1, -0.05) is 42.5 Å². The van der Waals surface area contributed by atoms with Crippen LogP contribution in [0.1, 0.15) is 10.4 Å². The summed E-state index contributed by atoms with van der Waals surface area (Å²) in [5.74, 6) is -0.109. The lowest BCUT2D eigenvalue weighted by Gasteiger charge is -2.13. The molecule has 0 bridgehead atoms. The average Bonchev–Trinajstić information content (AvgIpc) is 2.73. The van der Waals surface area contributed by atoms with E-state index in [0.717, 1.165) is 34.1 Å². The minimum Gasteiger partial charge on any atom is -0.351 e. The van der Waals surface area contributed by atoms with E-state index < -0.39 is 0 Å². The van der Waals surface area contributed by atoms with Crippen molar-refractivity contribution in [2.24, 2.45) is 0 Å². The number of halogens is 1. The molecule has 2 aromatic heterocycles. The number of hydrogen-bond acceptors (Lipinski definition) is 4. The van der Waals surface area contributed by atoms with Crippen LogP contribution >= 0.6 is 12.4 Å². The molecule has 6 heteroatoms. The fraction of sp³-hybridized carbons (Fsp3) is 0.174. The Labute approximate surface area is 176 Å². The van der Waals surface area contributed by atoms with E-state index in [1.807, 2.05) is 67.5 Å². The maximum absolute atomic E-state index is 12.8. The van der Waals surface area contributed by atoms with E-state index in [4.69, 9.17) is 4.98 Å². The number of para-hydroxylation sites is 1. The molecule has 1 amide bonds. The van der Waals surface area contributed by atoms with Gasteiger partial charge >= 0.3 is 0 Å². The van der Waals surface area contributed by atoms with Crippen LogP contribution in [0.2, 0.25) is 0 Å². The third-order valence-electron chi connectivity index (χ3n) is 4.73. The fourth-order valence-corrected chi connectivity index (χ4v) is 3.35. The largest absolute Gasteiger partial charge is 0.351 e. The summed E-state index contributed by atoms with van der Waals surface area (Å²) >= 11 is 0. The zero-order valence-corrected chi connectivity index (χ0v) is 17.2. The summed E-state index contributed by atoms with van der Waals surface area (Å²) < 4.78 is 0. The second kappa shape index (κ2) is 8.99. The SMILES string of the molecule is CN(C)CCNC(=O)c1cccc2c1nc(-c1ccccn1)c1ccccc12.Cl. The Morgan fingerprint density at radius 2 is 1.66 bits per heavy atom. The van der Waals surface area contributed by atoms with Crippen molar-refractivity contribution in [3.05, 3.63) is 72.4 Å². The molecule has 0 unspecified atom stereocenters. The molecule has 0 radical (unpaired) electrons. The Morgan fingerprint density at radius 1 is 0.931 bits per heavy atom. The summed E-state index contributed by atoms with van der Waals surface area (Å²) in [5.41, 5.74) is 2.86. The van der Waals surface area contributed by atoms with Gasteiger partial charge in [0.25, 0.3) is 5.91 Å². The molecule has 0 aliphatic heterocycles. The van der Waals surface area contributed by atoms with Gasteiger partial charge in [0, 0.05) is 30.1 Å². The predicted octanol–water partition coefficient (Wildman–Crippen LogP) is 4.16. The van der Waals surface area contributed by atoms with Crippen LogP contribution < -0.4 is 5.32 Å². The minimum atomic E-state index is -0.109. The van der Waals surface area contributed by atoms with Crippen molar-refractivity contribution in [1.82, 2.24) is 20.2 Å². The van der Waals surface area contributed by atoms with E-state index in [1.165, 1.54) is 0 Å². The number of hydrogen-bond donors (Lipinski definition) is 1. The van der Waals surface area contributed by atoms with Gasteiger partial charge in [0.05, 0.1) is 22.5 Å². The molecule has 2 aromatic carbocycles. The van der Waals surface area contributed by atoms with Gasteiger partial charge in [0.1, 0.15) is 0 Å². The topological polar surface area (TPSA) is 58.1 Å². The van der Waals surface area contributed by atoms with Gasteiger partial charge in [-0.15, -0.1) is 12.4 Å². The third-order valence-corrected chi connectivity index (χ3v) is 4.73. The first kappa shape index (κ1) is 20.7. The molecular weight excluding hydrogens is 384 g/mol. The Morgan fingerprint density at radius 3 is 2.38 bits per heavy atom. The number of nitrogens with zero attached hydrogens (tertiary/aromatic N) is 3. The van der Waals surface area contributed by atoms with Crippen LogP contribution in [0.4, 0.5) is 0 Å². The van der Waals surface area contributed by atoms with E-state index in [2.05, 4.69) is 22.4 Å².